The van der Waals surface area contributed by atoms with Crippen molar-refractivity contribution in [1.82, 2.24) is 15.7 Å². The fourth-order valence-corrected chi connectivity index (χ4v) is 3.71. The number of para-hydroxylation sites is 1. The minimum atomic E-state index is -0.488. The number of ether oxygens (including phenoxy) is 2. The molecule has 136 valence electrons. The molecule has 2 heterocycles. The summed E-state index contributed by atoms with van der Waals surface area (Å²) in [6.45, 7) is 1.16. The van der Waals surface area contributed by atoms with E-state index < -0.39 is 6.04 Å². The van der Waals surface area contributed by atoms with Crippen molar-refractivity contribution >= 4 is 23.4 Å². The van der Waals surface area contributed by atoms with Gasteiger partial charge in [0, 0.05) is 18.2 Å². The maximum atomic E-state index is 12.9. The highest BCUT2D eigenvalue weighted by Crippen LogP contribution is 2.32. The molecule has 2 unspecified atom stereocenters. The van der Waals surface area contributed by atoms with E-state index in [9.17, 15) is 5.21 Å². The van der Waals surface area contributed by atoms with Crippen LogP contribution in [0.4, 0.5) is 0 Å². The van der Waals surface area contributed by atoms with Crippen LogP contribution < -0.4 is 15.4 Å². The van der Waals surface area contributed by atoms with E-state index in [-0.39, 0.29) is 10.6 Å². The minimum absolute atomic E-state index is 0.136. The lowest BCUT2D eigenvalue weighted by molar-refractivity contribution is 0.171. The van der Waals surface area contributed by atoms with Gasteiger partial charge in [-0.2, -0.15) is 0 Å². The topological polar surface area (TPSA) is 68.8 Å². The molecule has 8 heteroatoms. The average Bonchev–Trinajstić information content (AvgIpc) is 2.65. The van der Waals surface area contributed by atoms with E-state index in [1.165, 1.54) is 11.8 Å². The summed E-state index contributed by atoms with van der Waals surface area (Å²) in [4.78, 5) is 0. The van der Waals surface area contributed by atoms with Crippen molar-refractivity contribution in [3.05, 3.63) is 57.7 Å². The van der Waals surface area contributed by atoms with Gasteiger partial charge in [-0.3, -0.25) is 5.32 Å². The maximum Gasteiger partial charge on any atom is 0.191 e. The molecular formula is C17H21ClN3O3S-. The zero-order valence-electron chi connectivity index (χ0n) is 14.1. The molecule has 0 bridgehead atoms. The summed E-state index contributed by atoms with van der Waals surface area (Å²) in [5.41, 5.74) is 1.49. The molecule has 0 saturated heterocycles. The second-order valence-corrected chi connectivity index (χ2v) is 7.03. The third kappa shape index (κ3) is 4.00. The Kier molecular flexibility index (Phi) is 6.01. The molecule has 1 aromatic rings. The lowest BCUT2D eigenvalue weighted by atomic mass is 9.97. The smallest absolute Gasteiger partial charge is 0.191 e. The van der Waals surface area contributed by atoms with Crippen LogP contribution in [-0.4, -0.2) is 43.1 Å². The van der Waals surface area contributed by atoms with Gasteiger partial charge in [0.15, 0.2) is 11.3 Å². The molecule has 1 aromatic carbocycles. The van der Waals surface area contributed by atoms with Crippen LogP contribution in [0.1, 0.15) is 5.56 Å². The van der Waals surface area contributed by atoms with Crippen LogP contribution in [0.25, 0.3) is 0 Å². The average molecular weight is 383 g/mol. The molecule has 0 fully saturated rings. The Balaban J connectivity index is 1.99. The van der Waals surface area contributed by atoms with Gasteiger partial charge in [-0.25, -0.2) is 0 Å². The Labute approximate surface area is 156 Å². The minimum Gasteiger partial charge on any atom is -0.757 e. The molecule has 6 nitrogen and oxygen atoms in total. The number of nitrogens with zero attached hydrogens (tertiary/aromatic N) is 1. The van der Waals surface area contributed by atoms with Gasteiger partial charge < -0.3 is 25.1 Å². The Morgan fingerprint density at radius 2 is 2.24 bits per heavy atom. The molecule has 0 radical (unpaired) electrons. The molecule has 0 aliphatic carbocycles. The maximum absolute atomic E-state index is 12.9. The third-order valence-corrected chi connectivity index (χ3v) is 5.21. The van der Waals surface area contributed by atoms with E-state index in [2.05, 4.69) is 10.6 Å². The van der Waals surface area contributed by atoms with Crippen LogP contribution in [0.2, 0.25) is 0 Å². The van der Waals surface area contributed by atoms with Crippen molar-refractivity contribution in [2.45, 2.75) is 17.9 Å². The Morgan fingerprint density at radius 1 is 1.44 bits per heavy atom. The predicted octanol–water partition coefficient (Wildman–Crippen LogP) is 2.57. The molecule has 2 N–H and O–H groups in total. The van der Waals surface area contributed by atoms with E-state index >= 15 is 0 Å². The first kappa shape index (κ1) is 18.3. The van der Waals surface area contributed by atoms with Crippen molar-refractivity contribution in [2.75, 3.05) is 26.6 Å². The summed E-state index contributed by atoms with van der Waals surface area (Å²) in [6, 6.07) is 7.19. The summed E-state index contributed by atoms with van der Waals surface area (Å²) in [6.07, 6.45) is 4.02. The number of hydrogen-bond acceptors (Lipinski definition) is 7. The standard InChI is InChI=1S/C17H21ClN3O3S/c1-23-14-6-4-3-5-11(14)7-13-12-9-19-10-20-17(12)24-16(25-2)8-15(18)21(13)22/h3-6,8,13,16,19-20H,7,9-10H2,1-2H3/q-1/b15-8-. The fourth-order valence-electron chi connectivity index (χ4n) is 2.95. The summed E-state index contributed by atoms with van der Waals surface area (Å²) >= 11 is 7.75. The van der Waals surface area contributed by atoms with Crippen molar-refractivity contribution in [1.29, 1.82) is 0 Å². The molecule has 0 saturated carbocycles. The van der Waals surface area contributed by atoms with Gasteiger partial charge in [-0.05, 0) is 24.3 Å². The Morgan fingerprint density at radius 3 is 3.00 bits per heavy atom. The summed E-state index contributed by atoms with van der Waals surface area (Å²) in [5, 5.41) is 20.4. The molecule has 0 amide bonds. The number of hydroxylamine groups is 2. The second-order valence-electron chi connectivity index (χ2n) is 5.70. The quantitative estimate of drug-likeness (QED) is 0.775. The number of rotatable bonds is 4. The van der Waals surface area contributed by atoms with Crippen LogP contribution in [0.5, 0.6) is 5.75 Å². The summed E-state index contributed by atoms with van der Waals surface area (Å²) in [7, 11) is 1.62. The number of nitrogens with one attached hydrogen (secondary N) is 2. The SMILES string of the molecule is COc1ccccc1CC1C2=C(NCNC2)OC(SC)/C=C(/Cl)N1[O-]. The van der Waals surface area contributed by atoms with E-state index in [1.54, 1.807) is 13.2 Å². The van der Waals surface area contributed by atoms with E-state index in [0.717, 1.165) is 21.9 Å². The van der Waals surface area contributed by atoms with Crippen molar-refractivity contribution < 1.29 is 9.47 Å². The predicted molar refractivity (Wildman–Crippen MR) is 101 cm³/mol. The van der Waals surface area contributed by atoms with Crippen molar-refractivity contribution in [3.63, 3.8) is 0 Å². The van der Waals surface area contributed by atoms with Crippen molar-refractivity contribution in [3.8, 4) is 5.75 Å². The van der Waals surface area contributed by atoms with Gasteiger partial charge in [0.05, 0.1) is 25.0 Å². The van der Waals surface area contributed by atoms with Crippen molar-refractivity contribution in [2.24, 2.45) is 0 Å². The van der Waals surface area contributed by atoms with Gasteiger partial charge in [0.25, 0.3) is 0 Å². The largest absolute Gasteiger partial charge is 0.757 e. The molecule has 0 spiro atoms. The Bertz CT molecular complexity index is 683. The van der Waals surface area contributed by atoms with Crippen LogP contribution in [-0.2, 0) is 11.2 Å². The first-order chi connectivity index (χ1) is 12.1. The molecule has 0 aromatic heterocycles. The van der Waals surface area contributed by atoms with Crippen LogP contribution in [0.15, 0.2) is 47.0 Å². The van der Waals surface area contributed by atoms with E-state index in [1.807, 2.05) is 30.5 Å². The van der Waals surface area contributed by atoms with Gasteiger partial charge in [-0.15, -0.1) is 11.8 Å². The molecule has 3 rings (SSSR count). The number of hydrogen-bond donors (Lipinski definition) is 2. The highest BCUT2D eigenvalue weighted by molar-refractivity contribution is 7.99. The molecule has 2 aliphatic heterocycles. The second kappa shape index (κ2) is 8.23. The molecule has 2 aliphatic rings. The monoisotopic (exact) mass is 382 g/mol. The first-order valence-corrected chi connectivity index (χ1v) is 9.63. The normalized spacial score (nSPS) is 25.8. The van der Waals surface area contributed by atoms with Gasteiger partial charge in [0.1, 0.15) is 5.75 Å². The number of methoxy groups -OCH3 is 1. The highest BCUT2D eigenvalue weighted by Gasteiger charge is 2.29. The van der Waals surface area contributed by atoms with Crippen LogP contribution in [0, 0.1) is 5.21 Å². The summed E-state index contributed by atoms with van der Waals surface area (Å²) < 4.78 is 11.4. The lowest BCUT2D eigenvalue weighted by Crippen LogP contribution is -2.46. The molecule has 25 heavy (non-hydrogen) atoms. The lowest BCUT2D eigenvalue weighted by Gasteiger charge is -2.43. The number of benzene rings is 1. The Hall–Kier alpha value is -1.54. The zero-order chi connectivity index (χ0) is 17.8. The van der Waals surface area contributed by atoms with Crippen LogP contribution >= 0.6 is 23.4 Å². The third-order valence-electron chi connectivity index (χ3n) is 4.22. The van der Waals surface area contributed by atoms with Gasteiger partial charge >= 0.3 is 0 Å². The van der Waals surface area contributed by atoms with Gasteiger partial charge in [-0.1, -0.05) is 29.8 Å². The fraction of sp³-hybridized carbons (Fsp3) is 0.412. The first-order valence-electron chi connectivity index (χ1n) is 7.96. The molecular weight excluding hydrogens is 362 g/mol. The zero-order valence-corrected chi connectivity index (χ0v) is 15.7. The number of halogens is 1. The number of thioether (sulfide) groups is 1. The van der Waals surface area contributed by atoms with E-state index in [4.69, 9.17) is 21.1 Å². The molecule has 2 atom stereocenters. The van der Waals surface area contributed by atoms with Gasteiger partial charge in [0.2, 0.25) is 0 Å². The summed E-state index contributed by atoms with van der Waals surface area (Å²) in [5.74, 6) is 1.40. The highest BCUT2D eigenvalue weighted by atomic mass is 35.5. The van der Waals surface area contributed by atoms with E-state index in [0.29, 0.717) is 25.5 Å². The van der Waals surface area contributed by atoms with Crippen LogP contribution in [0.3, 0.4) is 0 Å².